The number of aliphatic hydroxyl groups is 1. The lowest BCUT2D eigenvalue weighted by Crippen LogP contribution is -2.16. The Hall–Kier alpha value is -1.79. The van der Waals surface area contributed by atoms with Crippen molar-refractivity contribution < 1.29 is 19.3 Å². The Morgan fingerprint density at radius 1 is 1.33 bits per heavy atom. The van der Waals surface area contributed by atoms with Gasteiger partial charge in [0.2, 0.25) is 0 Å². The summed E-state index contributed by atoms with van der Waals surface area (Å²) in [7, 11) is 1.55. The lowest BCUT2D eigenvalue weighted by Gasteiger charge is -2.22. The molecule has 1 aliphatic rings. The molecule has 1 atom stereocenters. The maximum absolute atomic E-state index is 10.6. The van der Waals surface area contributed by atoms with E-state index in [9.17, 15) is 5.11 Å². The van der Waals surface area contributed by atoms with E-state index in [1.807, 2.05) is 0 Å². The summed E-state index contributed by atoms with van der Waals surface area (Å²) in [5.41, 5.74) is 1.12. The molecule has 1 N–H and O–H groups in total. The SMILES string of the molecule is COc1cccnc1C(O)c1cc(Br)c2c(c1)OCCO2. The second kappa shape index (κ2) is 5.91. The largest absolute Gasteiger partial charge is 0.495 e. The minimum Gasteiger partial charge on any atom is -0.495 e. The Morgan fingerprint density at radius 3 is 2.95 bits per heavy atom. The second-order valence-electron chi connectivity index (χ2n) is 4.52. The van der Waals surface area contributed by atoms with E-state index >= 15 is 0 Å². The molecule has 2 heterocycles. The molecule has 5 nitrogen and oxygen atoms in total. The van der Waals surface area contributed by atoms with Crippen LogP contribution in [0.5, 0.6) is 17.2 Å². The zero-order chi connectivity index (χ0) is 14.8. The smallest absolute Gasteiger partial charge is 0.175 e. The predicted octanol–water partition coefficient (Wildman–Crippen LogP) is 2.71. The van der Waals surface area contributed by atoms with Gasteiger partial charge in [-0.25, -0.2) is 0 Å². The molecule has 2 aromatic rings. The Labute approximate surface area is 130 Å². The van der Waals surface area contributed by atoms with Crippen LogP contribution in [-0.4, -0.2) is 30.4 Å². The molecule has 21 heavy (non-hydrogen) atoms. The maximum Gasteiger partial charge on any atom is 0.175 e. The average molecular weight is 352 g/mol. The maximum atomic E-state index is 10.6. The first kappa shape index (κ1) is 14.2. The van der Waals surface area contributed by atoms with Crippen LogP contribution in [0, 0.1) is 0 Å². The molecule has 0 saturated carbocycles. The van der Waals surface area contributed by atoms with E-state index < -0.39 is 6.10 Å². The molecule has 1 aromatic carbocycles. The normalized spacial score (nSPS) is 14.6. The van der Waals surface area contributed by atoms with E-state index in [-0.39, 0.29) is 0 Å². The molecular weight excluding hydrogens is 338 g/mol. The van der Waals surface area contributed by atoms with E-state index in [1.54, 1.807) is 37.6 Å². The van der Waals surface area contributed by atoms with Crippen LogP contribution in [0.25, 0.3) is 0 Å². The van der Waals surface area contributed by atoms with Crippen molar-refractivity contribution in [3.8, 4) is 17.2 Å². The number of aromatic nitrogens is 1. The van der Waals surface area contributed by atoms with Gasteiger partial charge in [0.15, 0.2) is 11.5 Å². The van der Waals surface area contributed by atoms with Crippen LogP contribution in [-0.2, 0) is 0 Å². The van der Waals surface area contributed by atoms with Crippen molar-refractivity contribution >= 4 is 15.9 Å². The third-order valence-corrected chi connectivity index (χ3v) is 3.80. The van der Waals surface area contributed by atoms with E-state index in [2.05, 4.69) is 20.9 Å². The van der Waals surface area contributed by atoms with Gasteiger partial charge in [-0.3, -0.25) is 4.98 Å². The van der Waals surface area contributed by atoms with Gasteiger partial charge in [-0.15, -0.1) is 0 Å². The van der Waals surface area contributed by atoms with Gasteiger partial charge in [0, 0.05) is 6.20 Å². The number of halogens is 1. The van der Waals surface area contributed by atoms with Crippen LogP contribution in [0.1, 0.15) is 17.4 Å². The minimum absolute atomic E-state index is 0.462. The molecule has 3 rings (SSSR count). The highest BCUT2D eigenvalue weighted by Crippen LogP contribution is 2.41. The highest BCUT2D eigenvalue weighted by Gasteiger charge is 2.22. The molecular formula is C15H14BrNO4. The molecule has 110 valence electrons. The fourth-order valence-electron chi connectivity index (χ4n) is 2.23. The molecule has 1 aromatic heterocycles. The highest BCUT2D eigenvalue weighted by atomic mass is 79.9. The first-order valence-corrected chi connectivity index (χ1v) is 7.26. The summed E-state index contributed by atoms with van der Waals surface area (Å²) < 4.78 is 17.1. The van der Waals surface area contributed by atoms with Crippen LogP contribution < -0.4 is 14.2 Å². The van der Waals surface area contributed by atoms with E-state index in [0.29, 0.717) is 41.7 Å². The van der Waals surface area contributed by atoms with Crippen LogP contribution >= 0.6 is 15.9 Å². The van der Waals surface area contributed by atoms with Crippen molar-refractivity contribution in [1.29, 1.82) is 0 Å². The fraction of sp³-hybridized carbons (Fsp3) is 0.267. The highest BCUT2D eigenvalue weighted by molar-refractivity contribution is 9.10. The molecule has 0 fully saturated rings. The van der Waals surface area contributed by atoms with Gasteiger partial charge in [-0.2, -0.15) is 0 Å². The summed E-state index contributed by atoms with van der Waals surface area (Å²) in [6.45, 7) is 1.01. The lowest BCUT2D eigenvalue weighted by atomic mass is 10.0. The fourth-order valence-corrected chi connectivity index (χ4v) is 2.80. The van der Waals surface area contributed by atoms with E-state index in [1.165, 1.54) is 0 Å². The van der Waals surface area contributed by atoms with Crippen molar-refractivity contribution in [2.75, 3.05) is 20.3 Å². The molecule has 0 amide bonds. The number of hydrogen-bond acceptors (Lipinski definition) is 5. The topological polar surface area (TPSA) is 60.8 Å². The number of fused-ring (bicyclic) bond motifs is 1. The zero-order valence-corrected chi connectivity index (χ0v) is 13.0. The molecule has 0 aliphatic carbocycles. The molecule has 0 saturated heterocycles. The van der Waals surface area contributed by atoms with Gasteiger partial charge < -0.3 is 19.3 Å². The predicted molar refractivity (Wildman–Crippen MR) is 80.0 cm³/mol. The molecule has 0 bridgehead atoms. The quantitative estimate of drug-likeness (QED) is 0.921. The average Bonchev–Trinajstić information content (AvgIpc) is 2.54. The standard InChI is InChI=1S/C15H14BrNO4/c1-19-11-3-2-4-17-13(11)14(18)9-7-10(16)15-12(8-9)20-5-6-21-15/h2-4,7-8,14,18H,5-6H2,1H3. The molecule has 6 heteroatoms. The third kappa shape index (κ3) is 2.69. The number of ether oxygens (including phenoxy) is 3. The monoisotopic (exact) mass is 351 g/mol. The summed E-state index contributed by atoms with van der Waals surface area (Å²) in [4.78, 5) is 4.21. The Balaban J connectivity index is 2.02. The summed E-state index contributed by atoms with van der Waals surface area (Å²) in [5, 5.41) is 10.6. The Kier molecular flexibility index (Phi) is 3.98. The molecule has 0 spiro atoms. The van der Waals surface area contributed by atoms with Crippen molar-refractivity contribution in [1.82, 2.24) is 4.98 Å². The van der Waals surface area contributed by atoms with Gasteiger partial charge >= 0.3 is 0 Å². The third-order valence-electron chi connectivity index (χ3n) is 3.21. The number of aliphatic hydroxyl groups excluding tert-OH is 1. The minimum atomic E-state index is -0.909. The van der Waals surface area contributed by atoms with Crippen molar-refractivity contribution in [2.24, 2.45) is 0 Å². The number of benzene rings is 1. The molecule has 1 unspecified atom stereocenters. The Morgan fingerprint density at radius 2 is 2.14 bits per heavy atom. The van der Waals surface area contributed by atoms with Crippen molar-refractivity contribution in [3.63, 3.8) is 0 Å². The van der Waals surface area contributed by atoms with Gasteiger partial charge in [-0.1, -0.05) is 0 Å². The van der Waals surface area contributed by atoms with E-state index in [0.717, 1.165) is 4.47 Å². The number of methoxy groups -OCH3 is 1. The van der Waals surface area contributed by atoms with E-state index in [4.69, 9.17) is 14.2 Å². The summed E-state index contributed by atoms with van der Waals surface area (Å²) in [6, 6.07) is 7.08. The zero-order valence-electron chi connectivity index (χ0n) is 11.4. The summed E-state index contributed by atoms with van der Waals surface area (Å²) >= 11 is 3.44. The first-order valence-electron chi connectivity index (χ1n) is 6.46. The number of nitrogens with zero attached hydrogens (tertiary/aromatic N) is 1. The van der Waals surface area contributed by atoms with Gasteiger partial charge in [0.25, 0.3) is 0 Å². The van der Waals surface area contributed by atoms with Crippen LogP contribution in [0.2, 0.25) is 0 Å². The van der Waals surface area contributed by atoms with Gasteiger partial charge in [0.1, 0.15) is 30.8 Å². The number of hydrogen-bond donors (Lipinski definition) is 1. The molecule has 1 aliphatic heterocycles. The number of pyridine rings is 1. The Bertz CT molecular complexity index is 662. The van der Waals surface area contributed by atoms with Gasteiger partial charge in [-0.05, 0) is 45.8 Å². The summed E-state index contributed by atoms with van der Waals surface area (Å²) in [5.74, 6) is 1.81. The van der Waals surface area contributed by atoms with Crippen molar-refractivity contribution in [3.05, 3.63) is 46.2 Å². The second-order valence-corrected chi connectivity index (χ2v) is 5.37. The summed E-state index contributed by atoms with van der Waals surface area (Å²) in [6.07, 6.45) is 0.710. The van der Waals surface area contributed by atoms with Gasteiger partial charge in [0.05, 0.1) is 11.6 Å². The lowest BCUT2D eigenvalue weighted by molar-refractivity contribution is 0.168. The van der Waals surface area contributed by atoms with Crippen LogP contribution in [0.3, 0.4) is 0 Å². The first-order chi connectivity index (χ1) is 10.2. The molecule has 0 radical (unpaired) electrons. The number of rotatable bonds is 3. The van der Waals surface area contributed by atoms with Crippen LogP contribution in [0.4, 0.5) is 0 Å². The van der Waals surface area contributed by atoms with Crippen LogP contribution in [0.15, 0.2) is 34.9 Å². The van der Waals surface area contributed by atoms with Crippen molar-refractivity contribution in [2.45, 2.75) is 6.10 Å².